The number of hydrogen-bond donors (Lipinski definition) is 0. The Morgan fingerprint density at radius 1 is 0.769 bits per heavy atom. The zero-order valence-electron chi connectivity index (χ0n) is 14.6. The summed E-state index contributed by atoms with van der Waals surface area (Å²) >= 11 is 0. The first-order valence-corrected chi connectivity index (χ1v) is 8.99. The Morgan fingerprint density at radius 2 is 1.35 bits per heavy atom. The normalized spacial score (nSPS) is 15.3. The number of carbonyl (C=O) groups is 1. The van der Waals surface area contributed by atoms with Gasteiger partial charge in [-0.05, 0) is 23.3 Å². The van der Waals surface area contributed by atoms with Gasteiger partial charge in [-0.2, -0.15) is 0 Å². The summed E-state index contributed by atoms with van der Waals surface area (Å²) in [4.78, 5) is 16.8. The van der Waals surface area contributed by atoms with Crippen molar-refractivity contribution >= 4 is 5.91 Å². The predicted molar refractivity (Wildman–Crippen MR) is 101 cm³/mol. The molecule has 3 aromatic rings. The van der Waals surface area contributed by atoms with E-state index in [9.17, 15) is 4.79 Å². The SMILES string of the molecule is O=C(c1ccco1)N1CCN(C(c2ccccc2)c2ccccc2)CC1. The van der Waals surface area contributed by atoms with Crippen molar-refractivity contribution < 1.29 is 9.21 Å². The van der Waals surface area contributed by atoms with Crippen molar-refractivity contribution in [3.05, 3.63) is 95.9 Å². The van der Waals surface area contributed by atoms with Crippen LogP contribution in [-0.4, -0.2) is 41.9 Å². The van der Waals surface area contributed by atoms with Gasteiger partial charge in [0.15, 0.2) is 5.76 Å². The topological polar surface area (TPSA) is 36.7 Å². The van der Waals surface area contributed by atoms with Gasteiger partial charge < -0.3 is 9.32 Å². The van der Waals surface area contributed by atoms with Gasteiger partial charge in [-0.1, -0.05) is 60.7 Å². The summed E-state index contributed by atoms with van der Waals surface area (Å²) in [6, 6.07) is 24.8. The van der Waals surface area contributed by atoms with E-state index in [0.29, 0.717) is 18.8 Å². The fourth-order valence-electron chi connectivity index (χ4n) is 3.62. The maximum Gasteiger partial charge on any atom is 0.289 e. The van der Waals surface area contributed by atoms with Gasteiger partial charge in [0, 0.05) is 26.2 Å². The van der Waals surface area contributed by atoms with E-state index < -0.39 is 0 Å². The fourth-order valence-corrected chi connectivity index (χ4v) is 3.62. The van der Waals surface area contributed by atoms with Crippen LogP contribution in [-0.2, 0) is 0 Å². The van der Waals surface area contributed by atoms with Crippen LogP contribution >= 0.6 is 0 Å². The molecule has 0 radical (unpaired) electrons. The molecular weight excluding hydrogens is 324 g/mol. The highest BCUT2D eigenvalue weighted by molar-refractivity contribution is 5.91. The molecule has 1 aliphatic heterocycles. The quantitative estimate of drug-likeness (QED) is 0.720. The number of piperazine rings is 1. The Bertz CT molecular complexity index is 784. The molecule has 26 heavy (non-hydrogen) atoms. The highest BCUT2D eigenvalue weighted by Gasteiger charge is 2.29. The van der Waals surface area contributed by atoms with E-state index in [1.807, 2.05) is 17.0 Å². The molecular formula is C22H22N2O2. The van der Waals surface area contributed by atoms with E-state index in [1.165, 1.54) is 11.1 Å². The smallest absolute Gasteiger partial charge is 0.289 e. The van der Waals surface area contributed by atoms with Gasteiger partial charge in [0.25, 0.3) is 5.91 Å². The van der Waals surface area contributed by atoms with Crippen molar-refractivity contribution in [1.82, 2.24) is 9.80 Å². The van der Waals surface area contributed by atoms with E-state index in [2.05, 4.69) is 53.4 Å². The lowest BCUT2D eigenvalue weighted by Gasteiger charge is -2.39. The standard InChI is InChI=1S/C22H22N2O2/c25-22(20-12-7-17-26-20)24-15-13-23(14-16-24)21(18-8-3-1-4-9-18)19-10-5-2-6-11-19/h1-12,17,21H,13-16H2. The Labute approximate surface area is 153 Å². The molecule has 1 fully saturated rings. The first kappa shape index (κ1) is 16.6. The Hall–Kier alpha value is -2.85. The molecule has 132 valence electrons. The van der Waals surface area contributed by atoms with Gasteiger partial charge in [-0.15, -0.1) is 0 Å². The average Bonchev–Trinajstić information content (AvgIpc) is 3.25. The van der Waals surface area contributed by atoms with Gasteiger partial charge >= 0.3 is 0 Å². The summed E-state index contributed by atoms with van der Waals surface area (Å²) in [7, 11) is 0. The van der Waals surface area contributed by atoms with Crippen LogP contribution in [0.2, 0.25) is 0 Å². The van der Waals surface area contributed by atoms with Crippen LogP contribution in [0.3, 0.4) is 0 Å². The minimum Gasteiger partial charge on any atom is -0.459 e. The van der Waals surface area contributed by atoms with Gasteiger partial charge in [-0.25, -0.2) is 0 Å². The Balaban J connectivity index is 1.52. The number of carbonyl (C=O) groups excluding carboxylic acids is 1. The van der Waals surface area contributed by atoms with Crippen molar-refractivity contribution in [1.29, 1.82) is 0 Å². The van der Waals surface area contributed by atoms with Gasteiger partial charge in [-0.3, -0.25) is 9.69 Å². The van der Waals surface area contributed by atoms with E-state index in [4.69, 9.17) is 4.42 Å². The van der Waals surface area contributed by atoms with Gasteiger partial charge in [0.2, 0.25) is 0 Å². The van der Waals surface area contributed by atoms with Crippen molar-refractivity contribution in [2.45, 2.75) is 6.04 Å². The van der Waals surface area contributed by atoms with Crippen molar-refractivity contribution in [2.75, 3.05) is 26.2 Å². The Kier molecular flexibility index (Phi) is 4.84. The van der Waals surface area contributed by atoms with Crippen LogP contribution in [0.15, 0.2) is 83.5 Å². The van der Waals surface area contributed by atoms with Gasteiger partial charge in [0.1, 0.15) is 0 Å². The maximum absolute atomic E-state index is 12.5. The second-order valence-corrected chi connectivity index (χ2v) is 6.53. The molecule has 4 nitrogen and oxygen atoms in total. The largest absolute Gasteiger partial charge is 0.459 e. The predicted octanol–water partition coefficient (Wildman–Crippen LogP) is 3.83. The summed E-state index contributed by atoms with van der Waals surface area (Å²) in [6.45, 7) is 3.08. The Morgan fingerprint density at radius 3 is 1.85 bits per heavy atom. The maximum atomic E-state index is 12.5. The highest BCUT2D eigenvalue weighted by atomic mass is 16.3. The molecule has 2 aromatic carbocycles. The number of nitrogens with zero attached hydrogens (tertiary/aromatic N) is 2. The lowest BCUT2D eigenvalue weighted by atomic mass is 9.96. The molecule has 1 saturated heterocycles. The zero-order chi connectivity index (χ0) is 17.8. The summed E-state index contributed by atoms with van der Waals surface area (Å²) in [5, 5.41) is 0. The number of rotatable bonds is 4. The minimum atomic E-state index is -0.0226. The van der Waals surface area contributed by atoms with Crippen LogP contribution in [0, 0.1) is 0 Å². The van der Waals surface area contributed by atoms with E-state index in [1.54, 1.807) is 18.4 Å². The number of benzene rings is 2. The van der Waals surface area contributed by atoms with E-state index >= 15 is 0 Å². The number of amides is 1. The van der Waals surface area contributed by atoms with Crippen LogP contribution in [0.25, 0.3) is 0 Å². The summed E-state index contributed by atoms with van der Waals surface area (Å²) in [5.74, 6) is 0.395. The third-order valence-corrected chi connectivity index (χ3v) is 4.93. The molecule has 2 heterocycles. The first-order valence-electron chi connectivity index (χ1n) is 8.99. The molecule has 0 spiro atoms. The summed E-state index contributed by atoms with van der Waals surface area (Å²) < 4.78 is 5.26. The molecule has 0 bridgehead atoms. The highest BCUT2D eigenvalue weighted by Crippen LogP contribution is 2.29. The van der Waals surface area contributed by atoms with Crippen LogP contribution in [0.1, 0.15) is 27.7 Å². The van der Waals surface area contributed by atoms with Crippen LogP contribution in [0.4, 0.5) is 0 Å². The molecule has 0 unspecified atom stereocenters. The second-order valence-electron chi connectivity index (χ2n) is 6.53. The molecule has 4 heteroatoms. The van der Waals surface area contributed by atoms with E-state index in [-0.39, 0.29) is 11.9 Å². The molecule has 0 atom stereocenters. The van der Waals surface area contributed by atoms with Crippen LogP contribution < -0.4 is 0 Å². The third kappa shape index (κ3) is 3.41. The zero-order valence-corrected chi connectivity index (χ0v) is 14.6. The second kappa shape index (κ2) is 7.58. The molecule has 1 aromatic heterocycles. The first-order chi connectivity index (χ1) is 12.8. The minimum absolute atomic E-state index is 0.0226. The van der Waals surface area contributed by atoms with Crippen LogP contribution in [0.5, 0.6) is 0 Å². The van der Waals surface area contributed by atoms with E-state index in [0.717, 1.165) is 13.1 Å². The molecule has 0 N–H and O–H groups in total. The molecule has 0 saturated carbocycles. The fraction of sp³-hybridized carbons (Fsp3) is 0.227. The summed E-state index contributed by atoms with van der Waals surface area (Å²) in [5.41, 5.74) is 2.56. The molecule has 4 rings (SSSR count). The van der Waals surface area contributed by atoms with Crippen molar-refractivity contribution in [2.24, 2.45) is 0 Å². The van der Waals surface area contributed by atoms with Crippen molar-refractivity contribution in [3.63, 3.8) is 0 Å². The lowest BCUT2D eigenvalue weighted by molar-refractivity contribution is 0.0568. The molecule has 1 aliphatic rings. The molecule has 0 aliphatic carbocycles. The monoisotopic (exact) mass is 346 g/mol. The lowest BCUT2D eigenvalue weighted by Crippen LogP contribution is -2.49. The average molecular weight is 346 g/mol. The number of furan rings is 1. The summed E-state index contributed by atoms with van der Waals surface area (Å²) in [6.07, 6.45) is 1.55. The van der Waals surface area contributed by atoms with Gasteiger partial charge in [0.05, 0.1) is 12.3 Å². The number of hydrogen-bond acceptors (Lipinski definition) is 3. The third-order valence-electron chi connectivity index (χ3n) is 4.93. The molecule has 1 amide bonds. The van der Waals surface area contributed by atoms with Crippen molar-refractivity contribution in [3.8, 4) is 0 Å².